The number of benzene rings is 2. The summed E-state index contributed by atoms with van der Waals surface area (Å²) in [5.41, 5.74) is 1.88. The molecular formula is C14H12O. The third-order valence-corrected chi connectivity index (χ3v) is 2.11. The molecule has 1 heteroatoms. The van der Waals surface area contributed by atoms with Gasteiger partial charge >= 0.3 is 0 Å². The van der Waals surface area contributed by atoms with Crippen molar-refractivity contribution in [2.75, 3.05) is 0 Å². The molecule has 2 aromatic rings. The molecule has 0 spiro atoms. The highest BCUT2D eigenvalue weighted by Gasteiger charge is 1.95. The highest BCUT2D eigenvalue weighted by molar-refractivity contribution is 5.30. The van der Waals surface area contributed by atoms with Crippen LogP contribution in [0.25, 0.3) is 0 Å². The zero-order valence-corrected chi connectivity index (χ0v) is 8.39. The topological polar surface area (TPSA) is 9.23 Å². The van der Waals surface area contributed by atoms with Crippen molar-refractivity contribution in [1.82, 2.24) is 0 Å². The van der Waals surface area contributed by atoms with Crippen molar-refractivity contribution in [3.8, 4) is 5.75 Å². The van der Waals surface area contributed by atoms with Crippen LogP contribution in [0.4, 0.5) is 0 Å². The molecule has 2 aromatic carbocycles. The van der Waals surface area contributed by atoms with Gasteiger partial charge in [-0.15, -0.1) is 0 Å². The molecule has 1 nitrogen and oxygen atoms in total. The number of ether oxygens (including phenoxy) is 1. The molecule has 0 fully saturated rings. The van der Waals surface area contributed by atoms with E-state index in [9.17, 15) is 0 Å². The second-order valence-electron chi connectivity index (χ2n) is 3.35. The molecule has 0 saturated carbocycles. The Labute approximate surface area is 90.3 Å². The maximum Gasteiger partial charge on any atom is 0.120 e. The quantitative estimate of drug-likeness (QED) is 0.731. The maximum absolute atomic E-state index is 5.65. The van der Waals surface area contributed by atoms with Crippen LogP contribution in [0.1, 0.15) is 11.1 Å². The van der Waals surface area contributed by atoms with Crippen LogP contribution in [0.5, 0.6) is 5.75 Å². The predicted molar refractivity (Wildman–Crippen MR) is 60.6 cm³/mol. The largest absolute Gasteiger partial charge is 0.489 e. The number of hydrogen-bond donors (Lipinski definition) is 0. The van der Waals surface area contributed by atoms with E-state index in [-0.39, 0.29) is 0 Å². The zero-order chi connectivity index (χ0) is 10.5. The molecule has 74 valence electrons. The third kappa shape index (κ3) is 2.84. The molecule has 0 aromatic heterocycles. The molecule has 0 aliphatic rings. The van der Waals surface area contributed by atoms with E-state index < -0.39 is 0 Å². The lowest BCUT2D eigenvalue weighted by Crippen LogP contribution is -1.94. The van der Waals surface area contributed by atoms with Crippen molar-refractivity contribution in [3.63, 3.8) is 0 Å². The van der Waals surface area contributed by atoms with Gasteiger partial charge in [0.1, 0.15) is 12.4 Å². The van der Waals surface area contributed by atoms with Gasteiger partial charge in [-0.05, 0) is 30.2 Å². The summed E-state index contributed by atoms with van der Waals surface area (Å²) in [6.07, 6.45) is 0. The van der Waals surface area contributed by atoms with Gasteiger partial charge in [0.15, 0.2) is 0 Å². The molecule has 2 rings (SSSR count). The van der Waals surface area contributed by atoms with E-state index in [2.05, 4.69) is 0 Å². The van der Waals surface area contributed by atoms with Crippen LogP contribution in [0.2, 0.25) is 0 Å². The van der Waals surface area contributed by atoms with Crippen molar-refractivity contribution in [3.05, 3.63) is 72.6 Å². The Morgan fingerprint density at radius 2 is 1.73 bits per heavy atom. The Morgan fingerprint density at radius 1 is 0.933 bits per heavy atom. The molecule has 0 aliphatic heterocycles. The van der Waals surface area contributed by atoms with E-state index in [0.29, 0.717) is 6.61 Å². The molecule has 0 saturated heterocycles. The summed E-state index contributed by atoms with van der Waals surface area (Å²) < 4.78 is 5.59. The SMILES string of the molecule is [CH]c1cccc(OCc2ccccc2)c1. The molecule has 0 N–H and O–H groups in total. The second kappa shape index (κ2) is 4.65. The van der Waals surface area contributed by atoms with Gasteiger partial charge in [0.25, 0.3) is 0 Å². The van der Waals surface area contributed by atoms with Gasteiger partial charge in [0.05, 0.1) is 0 Å². The highest BCUT2D eigenvalue weighted by Crippen LogP contribution is 2.14. The van der Waals surface area contributed by atoms with E-state index in [0.717, 1.165) is 16.9 Å². The van der Waals surface area contributed by atoms with E-state index in [1.807, 2.05) is 54.6 Å². The summed E-state index contributed by atoms with van der Waals surface area (Å²) in [4.78, 5) is 0. The molecule has 0 unspecified atom stereocenters. The summed E-state index contributed by atoms with van der Waals surface area (Å²) in [6, 6.07) is 17.5. The van der Waals surface area contributed by atoms with Gasteiger partial charge in [-0.25, -0.2) is 0 Å². The second-order valence-corrected chi connectivity index (χ2v) is 3.35. The van der Waals surface area contributed by atoms with Crippen LogP contribution in [-0.4, -0.2) is 0 Å². The van der Waals surface area contributed by atoms with Crippen molar-refractivity contribution < 1.29 is 4.74 Å². The Kier molecular flexibility index (Phi) is 3.03. The van der Waals surface area contributed by atoms with E-state index in [1.165, 1.54) is 0 Å². The van der Waals surface area contributed by atoms with Crippen molar-refractivity contribution in [1.29, 1.82) is 0 Å². The average molecular weight is 196 g/mol. The molecule has 15 heavy (non-hydrogen) atoms. The van der Waals surface area contributed by atoms with Gasteiger partial charge in [-0.2, -0.15) is 0 Å². The summed E-state index contributed by atoms with van der Waals surface area (Å²) in [5, 5.41) is 0. The van der Waals surface area contributed by atoms with Gasteiger partial charge in [-0.3, -0.25) is 0 Å². The van der Waals surface area contributed by atoms with E-state index in [1.54, 1.807) is 0 Å². The van der Waals surface area contributed by atoms with Crippen LogP contribution >= 0.6 is 0 Å². The van der Waals surface area contributed by atoms with Crippen LogP contribution in [0, 0.1) is 6.92 Å². The lowest BCUT2D eigenvalue weighted by atomic mass is 10.2. The molecular weight excluding hydrogens is 184 g/mol. The first-order chi connectivity index (χ1) is 7.34. The highest BCUT2D eigenvalue weighted by atomic mass is 16.5. The summed E-state index contributed by atoms with van der Waals surface area (Å²) in [5.74, 6) is 0.804. The Balaban J connectivity index is 1.99. The fourth-order valence-electron chi connectivity index (χ4n) is 1.35. The third-order valence-electron chi connectivity index (χ3n) is 2.11. The smallest absolute Gasteiger partial charge is 0.120 e. The van der Waals surface area contributed by atoms with Crippen molar-refractivity contribution in [2.45, 2.75) is 6.61 Å². The standard InChI is InChI=1S/C14H12O/c1-12-6-5-9-14(10-12)15-11-13-7-3-2-4-8-13/h1-10H,11H2. The first kappa shape index (κ1) is 9.78. The van der Waals surface area contributed by atoms with Gasteiger partial charge in [-0.1, -0.05) is 42.5 Å². The monoisotopic (exact) mass is 196 g/mol. The lowest BCUT2D eigenvalue weighted by molar-refractivity contribution is 0.306. The van der Waals surface area contributed by atoms with Crippen molar-refractivity contribution in [2.24, 2.45) is 0 Å². The lowest BCUT2D eigenvalue weighted by Gasteiger charge is -2.06. The fourth-order valence-corrected chi connectivity index (χ4v) is 1.35. The average Bonchev–Trinajstić information content (AvgIpc) is 2.28. The molecule has 0 amide bonds. The molecule has 2 radical (unpaired) electrons. The molecule has 0 atom stereocenters. The van der Waals surface area contributed by atoms with E-state index in [4.69, 9.17) is 11.7 Å². The molecule has 0 aliphatic carbocycles. The molecule has 0 heterocycles. The minimum atomic E-state index is 0.574. The Bertz CT molecular complexity index is 420. The van der Waals surface area contributed by atoms with Crippen LogP contribution in [0.3, 0.4) is 0 Å². The van der Waals surface area contributed by atoms with Gasteiger partial charge < -0.3 is 4.74 Å². The Hall–Kier alpha value is -1.76. The van der Waals surface area contributed by atoms with E-state index >= 15 is 0 Å². The fraction of sp³-hybridized carbons (Fsp3) is 0.0714. The summed E-state index contributed by atoms with van der Waals surface area (Å²) in [7, 11) is 0. The Morgan fingerprint density at radius 3 is 2.47 bits per heavy atom. The maximum atomic E-state index is 5.65. The minimum Gasteiger partial charge on any atom is -0.489 e. The van der Waals surface area contributed by atoms with Gasteiger partial charge in [0.2, 0.25) is 0 Å². The number of rotatable bonds is 3. The first-order valence-electron chi connectivity index (χ1n) is 4.87. The first-order valence-corrected chi connectivity index (χ1v) is 4.87. The van der Waals surface area contributed by atoms with Crippen LogP contribution in [-0.2, 0) is 6.61 Å². The predicted octanol–water partition coefficient (Wildman–Crippen LogP) is 3.32. The van der Waals surface area contributed by atoms with Crippen LogP contribution in [0.15, 0.2) is 54.6 Å². The normalized spacial score (nSPS) is 9.93. The van der Waals surface area contributed by atoms with Crippen LogP contribution < -0.4 is 4.74 Å². The van der Waals surface area contributed by atoms with Gasteiger partial charge in [0, 0.05) is 0 Å². The van der Waals surface area contributed by atoms with Crippen molar-refractivity contribution >= 4 is 0 Å². The summed E-state index contributed by atoms with van der Waals surface area (Å²) >= 11 is 0. The summed E-state index contributed by atoms with van der Waals surface area (Å²) in [6.45, 7) is 6.22. The molecule has 0 bridgehead atoms. The zero-order valence-electron chi connectivity index (χ0n) is 8.39. The number of hydrogen-bond acceptors (Lipinski definition) is 1. The minimum absolute atomic E-state index is 0.574.